The summed E-state index contributed by atoms with van der Waals surface area (Å²) in [5, 5.41) is 9.51. The van der Waals surface area contributed by atoms with E-state index in [0.717, 1.165) is 16.3 Å². The number of hydrogen-bond acceptors (Lipinski definition) is 5. The maximum atomic E-state index is 12.7. The Morgan fingerprint density at radius 2 is 2.14 bits per heavy atom. The van der Waals surface area contributed by atoms with Crippen molar-refractivity contribution in [1.29, 1.82) is 0 Å². The van der Waals surface area contributed by atoms with E-state index in [4.69, 9.17) is 4.74 Å². The number of carbonyl (C=O) groups excluding carboxylic acids is 1. The van der Waals surface area contributed by atoms with Gasteiger partial charge in [-0.25, -0.2) is 0 Å². The lowest BCUT2D eigenvalue weighted by Gasteiger charge is -2.20. The third-order valence-corrected chi connectivity index (χ3v) is 4.76. The molecule has 0 bridgehead atoms. The molecule has 1 aliphatic rings. The van der Waals surface area contributed by atoms with Crippen molar-refractivity contribution in [3.8, 4) is 5.75 Å². The van der Waals surface area contributed by atoms with Gasteiger partial charge in [0.15, 0.2) is 0 Å². The van der Waals surface area contributed by atoms with Crippen molar-refractivity contribution in [3.05, 3.63) is 39.8 Å². The average Bonchev–Trinajstić information content (AvgIpc) is 2.91. The van der Waals surface area contributed by atoms with Gasteiger partial charge in [0, 0.05) is 18.0 Å². The van der Waals surface area contributed by atoms with E-state index in [-0.39, 0.29) is 17.9 Å². The van der Waals surface area contributed by atoms with Crippen LogP contribution < -0.4 is 4.74 Å². The van der Waals surface area contributed by atoms with E-state index < -0.39 is 0 Å². The van der Waals surface area contributed by atoms with Crippen molar-refractivity contribution in [1.82, 2.24) is 15.1 Å². The Kier molecular flexibility index (Phi) is 4.11. The Balaban J connectivity index is 1.85. The van der Waals surface area contributed by atoms with Crippen molar-refractivity contribution in [3.63, 3.8) is 0 Å². The fraction of sp³-hybridized carbons (Fsp3) is 0.438. The Labute approximate surface area is 133 Å². The predicted octanol–water partition coefficient (Wildman–Crippen LogP) is 3.08. The highest BCUT2D eigenvalue weighted by atomic mass is 32.1. The minimum Gasteiger partial charge on any atom is -0.489 e. The number of aromatic nitrogens is 2. The van der Waals surface area contributed by atoms with Crippen LogP contribution in [0.3, 0.4) is 0 Å². The predicted molar refractivity (Wildman–Crippen MR) is 85.3 cm³/mol. The summed E-state index contributed by atoms with van der Waals surface area (Å²) in [7, 11) is 0. The molecule has 1 aromatic carbocycles. The first kappa shape index (κ1) is 15.0. The number of hydrogen-bond donors (Lipinski definition) is 0. The fourth-order valence-corrected chi connectivity index (χ4v) is 3.24. The molecule has 22 heavy (non-hydrogen) atoms. The first-order chi connectivity index (χ1) is 10.5. The van der Waals surface area contributed by atoms with Crippen LogP contribution in [-0.2, 0) is 6.54 Å². The lowest BCUT2D eigenvalue weighted by Crippen LogP contribution is -2.36. The Bertz CT molecular complexity index is 684. The zero-order valence-corrected chi connectivity index (χ0v) is 13.8. The van der Waals surface area contributed by atoms with Crippen LogP contribution in [0.4, 0.5) is 0 Å². The summed E-state index contributed by atoms with van der Waals surface area (Å²) in [6.07, 6.45) is -0.0508. The lowest BCUT2D eigenvalue weighted by molar-refractivity contribution is 0.0689. The number of carbonyl (C=O) groups is 1. The maximum absolute atomic E-state index is 12.7. The van der Waals surface area contributed by atoms with E-state index in [1.165, 1.54) is 11.3 Å². The van der Waals surface area contributed by atoms with E-state index >= 15 is 0 Å². The van der Waals surface area contributed by atoms with E-state index in [0.29, 0.717) is 18.1 Å². The molecule has 0 radical (unpaired) electrons. The molecule has 0 saturated heterocycles. The van der Waals surface area contributed by atoms with Gasteiger partial charge in [-0.05, 0) is 13.0 Å². The van der Waals surface area contributed by atoms with Crippen molar-refractivity contribution in [2.45, 2.75) is 39.3 Å². The fourth-order valence-electron chi connectivity index (χ4n) is 2.43. The average molecular weight is 317 g/mol. The number of amides is 1. The summed E-state index contributed by atoms with van der Waals surface area (Å²) in [6.45, 7) is 7.15. The van der Waals surface area contributed by atoms with E-state index in [1.54, 1.807) is 4.90 Å². The van der Waals surface area contributed by atoms with Gasteiger partial charge in [-0.2, -0.15) is 0 Å². The van der Waals surface area contributed by atoms with E-state index in [9.17, 15) is 4.79 Å². The maximum Gasteiger partial charge on any atom is 0.285 e. The van der Waals surface area contributed by atoms with Crippen LogP contribution in [0.5, 0.6) is 5.75 Å². The van der Waals surface area contributed by atoms with Gasteiger partial charge in [-0.1, -0.05) is 43.4 Å². The van der Waals surface area contributed by atoms with Crippen molar-refractivity contribution in [2.75, 3.05) is 6.54 Å². The summed E-state index contributed by atoms with van der Waals surface area (Å²) in [4.78, 5) is 14.5. The number of fused-ring (bicyclic) bond motifs is 1. The Morgan fingerprint density at radius 1 is 1.36 bits per heavy atom. The summed E-state index contributed by atoms with van der Waals surface area (Å²) in [6, 6.07) is 7.85. The zero-order chi connectivity index (χ0) is 15.7. The highest BCUT2D eigenvalue weighted by Gasteiger charge is 2.26. The molecule has 6 heteroatoms. The van der Waals surface area contributed by atoms with Gasteiger partial charge in [-0.15, -0.1) is 10.2 Å². The van der Waals surface area contributed by atoms with Crippen LogP contribution >= 0.6 is 11.3 Å². The van der Waals surface area contributed by atoms with E-state index in [2.05, 4.69) is 10.2 Å². The molecule has 3 rings (SSSR count). The molecule has 1 unspecified atom stereocenters. The summed E-state index contributed by atoms with van der Waals surface area (Å²) < 4.78 is 5.89. The second-order valence-electron chi connectivity index (χ2n) is 5.82. The number of para-hydroxylation sites is 1. The molecular weight excluding hydrogens is 298 g/mol. The first-order valence-corrected chi connectivity index (χ1v) is 8.23. The Hall–Kier alpha value is -1.95. The van der Waals surface area contributed by atoms with Gasteiger partial charge < -0.3 is 9.64 Å². The molecule has 116 valence electrons. The second kappa shape index (κ2) is 6.04. The molecule has 0 aliphatic carbocycles. The summed E-state index contributed by atoms with van der Waals surface area (Å²) in [5.74, 6) is 1.06. The van der Waals surface area contributed by atoms with E-state index in [1.807, 2.05) is 45.0 Å². The quantitative estimate of drug-likeness (QED) is 0.854. The second-order valence-corrected chi connectivity index (χ2v) is 6.83. The van der Waals surface area contributed by atoms with Crippen molar-refractivity contribution >= 4 is 17.2 Å². The standard InChI is InChI=1S/C16H19N3O2S/c1-10(2)14-17-18-15(22-14)16(20)19-8-11(3)21-13-7-5-4-6-12(13)9-19/h4-7,10-11H,8-9H2,1-3H3. The number of rotatable bonds is 2. The highest BCUT2D eigenvalue weighted by molar-refractivity contribution is 7.13. The topological polar surface area (TPSA) is 55.3 Å². The van der Waals surface area contributed by atoms with Gasteiger partial charge >= 0.3 is 0 Å². The molecule has 2 heterocycles. The molecule has 1 aliphatic heterocycles. The number of nitrogens with zero attached hydrogens (tertiary/aromatic N) is 3. The SMILES string of the molecule is CC1CN(C(=O)c2nnc(C(C)C)s2)Cc2ccccc2O1. The van der Waals surface area contributed by atoms with Gasteiger partial charge in [0.2, 0.25) is 5.01 Å². The minimum atomic E-state index is -0.0726. The summed E-state index contributed by atoms with van der Waals surface area (Å²) >= 11 is 1.38. The van der Waals surface area contributed by atoms with Crippen LogP contribution in [0.2, 0.25) is 0 Å². The van der Waals surface area contributed by atoms with Crippen molar-refractivity contribution in [2.24, 2.45) is 0 Å². The Morgan fingerprint density at radius 3 is 2.86 bits per heavy atom. The largest absolute Gasteiger partial charge is 0.489 e. The molecule has 0 spiro atoms. The molecule has 2 aromatic rings. The van der Waals surface area contributed by atoms with Crippen LogP contribution in [-0.4, -0.2) is 33.7 Å². The number of benzene rings is 1. The van der Waals surface area contributed by atoms with Gasteiger partial charge in [-0.3, -0.25) is 4.79 Å². The third kappa shape index (κ3) is 2.97. The molecule has 5 nitrogen and oxygen atoms in total. The molecule has 0 saturated carbocycles. The smallest absolute Gasteiger partial charge is 0.285 e. The van der Waals surface area contributed by atoms with Gasteiger partial charge in [0.1, 0.15) is 16.9 Å². The first-order valence-electron chi connectivity index (χ1n) is 7.42. The zero-order valence-electron chi connectivity index (χ0n) is 12.9. The van der Waals surface area contributed by atoms with Gasteiger partial charge in [0.05, 0.1) is 6.54 Å². The molecule has 1 aromatic heterocycles. The van der Waals surface area contributed by atoms with Crippen LogP contribution in [0.25, 0.3) is 0 Å². The normalized spacial score (nSPS) is 17.8. The van der Waals surface area contributed by atoms with Crippen LogP contribution in [0.1, 0.15) is 47.1 Å². The molecular formula is C16H19N3O2S. The van der Waals surface area contributed by atoms with Gasteiger partial charge in [0.25, 0.3) is 5.91 Å². The summed E-state index contributed by atoms with van der Waals surface area (Å²) in [5.41, 5.74) is 1.02. The number of ether oxygens (including phenoxy) is 1. The minimum absolute atomic E-state index is 0.0508. The highest BCUT2D eigenvalue weighted by Crippen LogP contribution is 2.26. The van der Waals surface area contributed by atoms with Crippen LogP contribution in [0.15, 0.2) is 24.3 Å². The van der Waals surface area contributed by atoms with Crippen molar-refractivity contribution < 1.29 is 9.53 Å². The lowest BCUT2D eigenvalue weighted by atomic mass is 10.2. The molecule has 1 atom stereocenters. The monoisotopic (exact) mass is 317 g/mol. The molecule has 0 fully saturated rings. The molecule has 1 amide bonds. The molecule has 0 N–H and O–H groups in total. The third-order valence-electron chi connectivity index (χ3n) is 3.54. The van der Waals surface area contributed by atoms with Crippen LogP contribution in [0, 0.1) is 0 Å².